The molecule has 2 amide bonds. The molecule has 0 aliphatic heterocycles. The molecule has 13 nitrogen and oxygen atoms in total. The van der Waals surface area contributed by atoms with Crippen LogP contribution in [0.25, 0.3) is 0 Å². The van der Waals surface area contributed by atoms with E-state index in [0.29, 0.717) is 25.8 Å². The smallest absolute Gasteiger partial charge is 0.226 e. The second kappa shape index (κ2) is 24.0. The highest BCUT2D eigenvalue weighted by Gasteiger charge is 2.44. The van der Waals surface area contributed by atoms with Crippen molar-refractivity contribution in [2.45, 2.75) is 170 Å². The number of nitrogens with one attached hydrogen (secondary N) is 3. The molecule has 0 saturated heterocycles. The van der Waals surface area contributed by atoms with Crippen molar-refractivity contribution in [3.63, 3.8) is 0 Å². The largest absolute Gasteiger partial charge is 0.396 e. The van der Waals surface area contributed by atoms with E-state index in [1.807, 2.05) is 24.1 Å². The maximum atomic E-state index is 13.8. The molecule has 0 spiro atoms. The molecule has 4 atom stereocenters. The lowest BCUT2D eigenvalue weighted by atomic mass is 9.59. The summed E-state index contributed by atoms with van der Waals surface area (Å²) < 4.78 is 3.58. The van der Waals surface area contributed by atoms with Crippen molar-refractivity contribution >= 4 is 11.8 Å². The van der Waals surface area contributed by atoms with Crippen molar-refractivity contribution in [3.05, 3.63) is 23.8 Å². The predicted octanol–water partition coefficient (Wildman–Crippen LogP) is 5.93. The lowest BCUT2D eigenvalue weighted by Crippen LogP contribution is -2.46. The summed E-state index contributed by atoms with van der Waals surface area (Å²) >= 11 is 0. The first-order valence-corrected chi connectivity index (χ1v) is 21.2. The number of hydrogen-bond acceptors (Lipinski definition) is 9. The number of amides is 2. The van der Waals surface area contributed by atoms with E-state index in [9.17, 15) is 19.8 Å². The summed E-state index contributed by atoms with van der Waals surface area (Å²) in [6.45, 7) is 18.4. The van der Waals surface area contributed by atoms with Crippen molar-refractivity contribution in [3.8, 4) is 0 Å². The van der Waals surface area contributed by atoms with Gasteiger partial charge in [0.05, 0.1) is 17.5 Å². The van der Waals surface area contributed by atoms with E-state index in [-0.39, 0.29) is 41.2 Å². The third-order valence-electron chi connectivity index (χ3n) is 11.3. The molecule has 0 aliphatic rings. The van der Waals surface area contributed by atoms with Gasteiger partial charge < -0.3 is 26.2 Å². The van der Waals surface area contributed by atoms with Gasteiger partial charge in [0, 0.05) is 64.6 Å². The zero-order chi connectivity index (χ0) is 41.0. The van der Waals surface area contributed by atoms with Gasteiger partial charge in [-0.15, -0.1) is 10.2 Å². The molecule has 4 unspecified atom stereocenters. The first-order valence-electron chi connectivity index (χ1n) is 21.2. The van der Waals surface area contributed by atoms with E-state index in [2.05, 4.69) is 78.1 Å². The standard InChI is InChI=1S/C42H79N9O4/c1-10-42(7,38(55)45-27-34(2)53)32-40(5,23-16-14-20-36-29-51(49-47-36)25-18-26-52)31-41(6,33-44-24-17-11-12-21-37(54)43-8)30-39(3,4)22-15-13-19-35-28-50(9)48-46-35/h28-29,34,44,52-53H,10-27,30-33H2,1-9H3,(H,43,54)(H,45,55). The number of rotatable bonds is 31. The maximum Gasteiger partial charge on any atom is 0.226 e. The Kier molecular flexibility index (Phi) is 21.1. The number of aliphatic hydroxyl groups is 2. The molecule has 0 radical (unpaired) electrons. The molecular weight excluding hydrogens is 695 g/mol. The van der Waals surface area contributed by atoms with Crippen LogP contribution in [-0.2, 0) is 36.0 Å². The minimum atomic E-state index is -0.598. The van der Waals surface area contributed by atoms with E-state index in [4.69, 9.17) is 0 Å². The highest BCUT2D eigenvalue weighted by atomic mass is 16.3. The van der Waals surface area contributed by atoms with Crippen molar-refractivity contribution in [2.24, 2.45) is 28.7 Å². The summed E-state index contributed by atoms with van der Waals surface area (Å²) in [5.41, 5.74) is 1.39. The number of aliphatic hydroxyl groups excluding tert-OH is 2. The van der Waals surface area contributed by atoms with Crippen LogP contribution in [0.1, 0.15) is 156 Å². The van der Waals surface area contributed by atoms with Crippen LogP contribution in [0.4, 0.5) is 0 Å². The Hall–Kier alpha value is -2.90. The summed E-state index contributed by atoms with van der Waals surface area (Å²) in [5.74, 6) is 0.114. The van der Waals surface area contributed by atoms with Crippen LogP contribution in [0.15, 0.2) is 12.4 Å². The van der Waals surface area contributed by atoms with E-state index in [1.165, 1.54) is 0 Å². The highest BCUT2D eigenvalue weighted by molar-refractivity contribution is 5.82. The average Bonchev–Trinajstić information content (AvgIpc) is 3.76. The minimum Gasteiger partial charge on any atom is -0.396 e. The summed E-state index contributed by atoms with van der Waals surface area (Å²) in [4.78, 5) is 25.5. The number of unbranched alkanes of at least 4 members (excludes halogenated alkanes) is 4. The normalized spacial score (nSPS) is 15.9. The number of carbonyl (C=O) groups excluding carboxylic acids is 2. The average molecular weight is 774 g/mol. The van der Waals surface area contributed by atoms with E-state index >= 15 is 0 Å². The molecule has 2 heterocycles. The minimum absolute atomic E-state index is 0.0154. The Morgan fingerprint density at radius 3 is 2.13 bits per heavy atom. The number of aromatic nitrogens is 6. The molecule has 2 aromatic rings. The molecule has 13 heteroatoms. The molecular formula is C42H79N9O4. The van der Waals surface area contributed by atoms with Crippen LogP contribution in [0.2, 0.25) is 0 Å². The fraction of sp³-hybridized carbons (Fsp3) is 0.857. The molecule has 5 N–H and O–H groups in total. The summed E-state index contributed by atoms with van der Waals surface area (Å²) in [7, 11) is 3.60. The zero-order valence-electron chi connectivity index (χ0n) is 36.2. The monoisotopic (exact) mass is 774 g/mol. The summed E-state index contributed by atoms with van der Waals surface area (Å²) in [6.07, 6.45) is 19.1. The molecule has 55 heavy (non-hydrogen) atoms. The first kappa shape index (κ1) is 48.2. The van der Waals surface area contributed by atoms with Crippen LogP contribution < -0.4 is 16.0 Å². The Morgan fingerprint density at radius 1 is 0.836 bits per heavy atom. The predicted molar refractivity (Wildman–Crippen MR) is 220 cm³/mol. The molecule has 0 saturated carbocycles. The summed E-state index contributed by atoms with van der Waals surface area (Å²) in [5, 5.41) is 45.8. The van der Waals surface area contributed by atoms with Gasteiger partial charge >= 0.3 is 0 Å². The molecule has 0 bridgehead atoms. The van der Waals surface area contributed by atoms with Gasteiger partial charge in [-0.05, 0) is 113 Å². The molecule has 2 rings (SSSR count). The number of aryl methyl sites for hydroxylation is 4. The quantitative estimate of drug-likeness (QED) is 0.0583. The van der Waals surface area contributed by atoms with Crippen LogP contribution in [0, 0.1) is 21.7 Å². The van der Waals surface area contributed by atoms with Gasteiger partial charge in [-0.1, -0.05) is 71.2 Å². The molecule has 0 fully saturated rings. The zero-order valence-corrected chi connectivity index (χ0v) is 36.2. The molecule has 0 aromatic carbocycles. The number of nitrogens with zero attached hydrogens (tertiary/aromatic N) is 6. The third-order valence-corrected chi connectivity index (χ3v) is 11.3. The Balaban J connectivity index is 2.27. The van der Waals surface area contributed by atoms with E-state index in [0.717, 1.165) is 114 Å². The lowest BCUT2D eigenvalue weighted by Gasteiger charge is -2.47. The number of hydrogen-bond donors (Lipinski definition) is 5. The lowest BCUT2D eigenvalue weighted by molar-refractivity contribution is -0.133. The molecule has 2 aromatic heterocycles. The fourth-order valence-corrected chi connectivity index (χ4v) is 8.76. The van der Waals surface area contributed by atoms with E-state index in [1.54, 1.807) is 18.7 Å². The fourth-order valence-electron chi connectivity index (χ4n) is 8.76. The Labute approximate surface area is 333 Å². The first-order chi connectivity index (χ1) is 26.0. The van der Waals surface area contributed by atoms with Crippen molar-refractivity contribution in [1.82, 2.24) is 45.9 Å². The Bertz CT molecular complexity index is 1380. The molecule has 316 valence electrons. The third kappa shape index (κ3) is 19.2. The SMILES string of the molecule is CCC(C)(CC(C)(CCCCc1cn(CCCO)nn1)CC(C)(CNCCCCCC(=O)NC)CC(C)(C)CCCCc1cn(C)nn1)C(=O)NCC(C)O. The van der Waals surface area contributed by atoms with Gasteiger partial charge in [0.2, 0.25) is 11.8 Å². The van der Waals surface area contributed by atoms with Gasteiger partial charge in [-0.3, -0.25) is 19.0 Å². The van der Waals surface area contributed by atoms with Crippen LogP contribution >= 0.6 is 0 Å². The van der Waals surface area contributed by atoms with Crippen LogP contribution in [-0.4, -0.2) is 91.4 Å². The maximum absolute atomic E-state index is 13.8. The van der Waals surface area contributed by atoms with Crippen molar-refractivity contribution in [1.29, 1.82) is 0 Å². The second-order valence-electron chi connectivity index (χ2n) is 18.3. The van der Waals surface area contributed by atoms with Gasteiger partial charge in [-0.25, -0.2) is 0 Å². The highest BCUT2D eigenvalue weighted by Crippen LogP contribution is 2.50. The van der Waals surface area contributed by atoms with Crippen molar-refractivity contribution in [2.75, 3.05) is 33.3 Å². The van der Waals surface area contributed by atoms with Gasteiger partial charge in [-0.2, -0.15) is 0 Å². The topological polar surface area (TPSA) is 172 Å². The summed E-state index contributed by atoms with van der Waals surface area (Å²) in [6, 6.07) is 0. The van der Waals surface area contributed by atoms with Gasteiger partial charge in [0.25, 0.3) is 0 Å². The van der Waals surface area contributed by atoms with E-state index < -0.39 is 11.5 Å². The van der Waals surface area contributed by atoms with Crippen LogP contribution in [0.5, 0.6) is 0 Å². The molecule has 0 aliphatic carbocycles. The van der Waals surface area contributed by atoms with Gasteiger partial charge in [0.1, 0.15) is 0 Å². The van der Waals surface area contributed by atoms with Crippen LogP contribution in [0.3, 0.4) is 0 Å². The number of carbonyl (C=O) groups is 2. The van der Waals surface area contributed by atoms with Crippen molar-refractivity contribution < 1.29 is 19.8 Å². The van der Waals surface area contributed by atoms with Gasteiger partial charge in [0.15, 0.2) is 0 Å². The Morgan fingerprint density at radius 2 is 1.51 bits per heavy atom. The second-order valence-corrected chi connectivity index (χ2v) is 18.3.